The molecule has 114 valence electrons. The van der Waals surface area contributed by atoms with Crippen molar-refractivity contribution in [2.75, 3.05) is 20.6 Å². The van der Waals surface area contributed by atoms with E-state index in [4.69, 9.17) is 0 Å². The molecule has 0 fully saturated rings. The Hall–Kier alpha value is -1.07. The predicted octanol–water partition coefficient (Wildman–Crippen LogP) is 3.50. The second kappa shape index (κ2) is 6.14. The maximum Gasteiger partial charge on any atom is 0.416 e. The molecule has 0 aliphatic heterocycles. The summed E-state index contributed by atoms with van der Waals surface area (Å²) >= 11 is 0. The molecule has 0 saturated heterocycles. The van der Waals surface area contributed by atoms with Gasteiger partial charge in [0.25, 0.3) is 0 Å². The van der Waals surface area contributed by atoms with Crippen LogP contribution in [-0.2, 0) is 11.8 Å². The first-order chi connectivity index (χ1) is 9.11. The lowest BCUT2D eigenvalue weighted by atomic mass is 9.79. The number of rotatable bonds is 5. The fraction of sp³-hybridized carbons (Fsp3) is 0.600. The van der Waals surface area contributed by atoms with Gasteiger partial charge in [-0.1, -0.05) is 26.0 Å². The molecule has 0 aromatic heterocycles. The Morgan fingerprint density at radius 2 is 1.55 bits per heavy atom. The number of halogens is 3. The van der Waals surface area contributed by atoms with Crippen LogP contribution < -0.4 is 0 Å². The molecule has 0 heterocycles. The normalized spacial score (nSPS) is 17.1. The van der Waals surface area contributed by atoms with E-state index in [2.05, 4.69) is 0 Å². The number of benzene rings is 1. The molecule has 1 N–H and O–H groups in total. The van der Waals surface area contributed by atoms with Crippen molar-refractivity contribution in [3.8, 4) is 0 Å². The fourth-order valence-electron chi connectivity index (χ4n) is 2.48. The van der Waals surface area contributed by atoms with Crippen LogP contribution in [0.15, 0.2) is 24.3 Å². The van der Waals surface area contributed by atoms with E-state index in [1.54, 1.807) is 0 Å². The van der Waals surface area contributed by atoms with E-state index in [9.17, 15) is 18.3 Å². The molecule has 0 saturated carbocycles. The smallest absolute Gasteiger partial charge is 0.385 e. The number of alkyl halides is 3. The molecular weight excluding hydrogens is 267 g/mol. The molecule has 1 aromatic rings. The van der Waals surface area contributed by atoms with E-state index in [0.29, 0.717) is 18.5 Å². The van der Waals surface area contributed by atoms with Crippen molar-refractivity contribution in [2.45, 2.75) is 32.0 Å². The fourth-order valence-corrected chi connectivity index (χ4v) is 2.48. The summed E-state index contributed by atoms with van der Waals surface area (Å²) in [6.45, 7) is 4.40. The van der Waals surface area contributed by atoms with Gasteiger partial charge in [0.15, 0.2) is 0 Å². The van der Waals surface area contributed by atoms with Crippen molar-refractivity contribution < 1.29 is 18.3 Å². The number of aliphatic hydroxyl groups is 1. The molecular formula is C15H22F3NO. The van der Waals surface area contributed by atoms with Crippen LogP contribution in [0.2, 0.25) is 0 Å². The Morgan fingerprint density at radius 3 is 1.90 bits per heavy atom. The summed E-state index contributed by atoms with van der Waals surface area (Å²) in [5.41, 5.74) is -1.28. The average molecular weight is 289 g/mol. The standard InChI is InChI=1S/C15H22F3NO/c1-5-14(20,11(2)10-19(3)4)12-6-8-13(9-7-12)15(16,17)18/h6-9,11,20H,5,10H2,1-4H3/t11-,14?/m1/s1. The van der Waals surface area contributed by atoms with Gasteiger partial charge in [0, 0.05) is 12.5 Å². The van der Waals surface area contributed by atoms with Crippen molar-refractivity contribution >= 4 is 0 Å². The van der Waals surface area contributed by atoms with Crippen molar-refractivity contribution in [2.24, 2.45) is 5.92 Å². The first-order valence-corrected chi connectivity index (χ1v) is 6.66. The monoisotopic (exact) mass is 289 g/mol. The number of hydrogen-bond acceptors (Lipinski definition) is 2. The molecule has 0 amide bonds. The van der Waals surface area contributed by atoms with Gasteiger partial charge in [0.05, 0.1) is 11.2 Å². The summed E-state index contributed by atoms with van der Waals surface area (Å²) in [6.07, 6.45) is -3.90. The van der Waals surface area contributed by atoms with Crippen LogP contribution in [0.5, 0.6) is 0 Å². The topological polar surface area (TPSA) is 23.5 Å². The van der Waals surface area contributed by atoms with Crippen molar-refractivity contribution in [3.05, 3.63) is 35.4 Å². The van der Waals surface area contributed by atoms with Gasteiger partial charge in [0.2, 0.25) is 0 Å². The van der Waals surface area contributed by atoms with Crippen LogP contribution in [0.4, 0.5) is 13.2 Å². The number of nitrogens with zero attached hydrogens (tertiary/aromatic N) is 1. The summed E-state index contributed by atoms with van der Waals surface area (Å²) in [5, 5.41) is 10.8. The maximum atomic E-state index is 12.6. The molecule has 2 atom stereocenters. The lowest BCUT2D eigenvalue weighted by Gasteiger charge is -2.35. The highest BCUT2D eigenvalue weighted by Gasteiger charge is 2.35. The van der Waals surface area contributed by atoms with E-state index < -0.39 is 17.3 Å². The second-order valence-electron chi connectivity index (χ2n) is 5.52. The zero-order chi connectivity index (χ0) is 15.6. The van der Waals surface area contributed by atoms with E-state index in [0.717, 1.165) is 12.1 Å². The summed E-state index contributed by atoms with van der Waals surface area (Å²) in [5.74, 6) is -0.0840. The third-order valence-corrected chi connectivity index (χ3v) is 3.71. The lowest BCUT2D eigenvalue weighted by Crippen LogP contribution is -2.38. The largest absolute Gasteiger partial charge is 0.416 e. The van der Waals surface area contributed by atoms with E-state index in [1.165, 1.54) is 12.1 Å². The molecule has 0 aliphatic rings. The Labute approximate surface area is 118 Å². The van der Waals surface area contributed by atoms with Gasteiger partial charge in [0.1, 0.15) is 0 Å². The van der Waals surface area contributed by atoms with Crippen LogP contribution in [-0.4, -0.2) is 30.6 Å². The van der Waals surface area contributed by atoms with Crippen LogP contribution >= 0.6 is 0 Å². The highest BCUT2D eigenvalue weighted by molar-refractivity contribution is 5.29. The SMILES string of the molecule is CCC(O)(c1ccc(C(F)(F)F)cc1)[C@H](C)CN(C)C. The maximum absolute atomic E-state index is 12.6. The third-order valence-electron chi connectivity index (χ3n) is 3.71. The molecule has 20 heavy (non-hydrogen) atoms. The molecule has 1 rings (SSSR count). The van der Waals surface area contributed by atoms with Crippen LogP contribution in [0, 0.1) is 5.92 Å². The van der Waals surface area contributed by atoms with Gasteiger partial charge in [-0.15, -0.1) is 0 Å². The minimum Gasteiger partial charge on any atom is -0.385 e. The molecule has 0 spiro atoms. The Balaban J connectivity index is 3.06. The van der Waals surface area contributed by atoms with Gasteiger partial charge >= 0.3 is 6.18 Å². The van der Waals surface area contributed by atoms with E-state index in [1.807, 2.05) is 32.8 Å². The molecule has 0 aliphatic carbocycles. The van der Waals surface area contributed by atoms with Gasteiger partial charge in [-0.2, -0.15) is 13.2 Å². The zero-order valence-corrected chi connectivity index (χ0v) is 12.3. The van der Waals surface area contributed by atoms with Gasteiger partial charge < -0.3 is 10.0 Å². The summed E-state index contributed by atoms with van der Waals surface area (Å²) < 4.78 is 37.7. The van der Waals surface area contributed by atoms with Crippen LogP contribution in [0.1, 0.15) is 31.4 Å². The first kappa shape index (κ1) is 17.0. The van der Waals surface area contributed by atoms with Gasteiger partial charge in [-0.3, -0.25) is 0 Å². The van der Waals surface area contributed by atoms with Crippen molar-refractivity contribution in [3.63, 3.8) is 0 Å². The predicted molar refractivity (Wildman–Crippen MR) is 73.3 cm³/mol. The molecule has 0 radical (unpaired) electrons. The third kappa shape index (κ3) is 3.73. The Kier molecular flexibility index (Phi) is 5.21. The second-order valence-corrected chi connectivity index (χ2v) is 5.52. The summed E-state index contributed by atoms with van der Waals surface area (Å²) in [7, 11) is 3.80. The van der Waals surface area contributed by atoms with Crippen LogP contribution in [0.25, 0.3) is 0 Å². The molecule has 1 unspecified atom stereocenters. The minimum absolute atomic E-state index is 0.0840. The number of hydrogen-bond donors (Lipinski definition) is 1. The Morgan fingerprint density at radius 1 is 1.10 bits per heavy atom. The van der Waals surface area contributed by atoms with Gasteiger partial charge in [-0.05, 0) is 38.2 Å². The van der Waals surface area contributed by atoms with Crippen molar-refractivity contribution in [1.29, 1.82) is 0 Å². The summed E-state index contributed by atoms with van der Waals surface area (Å²) in [4.78, 5) is 1.95. The lowest BCUT2D eigenvalue weighted by molar-refractivity contribution is -0.137. The first-order valence-electron chi connectivity index (χ1n) is 6.66. The molecule has 0 bridgehead atoms. The molecule has 5 heteroatoms. The van der Waals surface area contributed by atoms with E-state index in [-0.39, 0.29) is 5.92 Å². The van der Waals surface area contributed by atoms with E-state index >= 15 is 0 Å². The zero-order valence-electron chi connectivity index (χ0n) is 12.3. The highest BCUT2D eigenvalue weighted by Crippen LogP contribution is 2.36. The molecule has 1 aromatic carbocycles. The van der Waals surface area contributed by atoms with Gasteiger partial charge in [-0.25, -0.2) is 0 Å². The molecule has 2 nitrogen and oxygen atoms in total. The Bertz CT molecular complexity index is 428. The van der Waals surface area contributed by atoms with Crippen LogP contribution in [0.3, 0.4) is 0 Å². The van der Waals surface area contributed by atoms with Crippen molar-refractivity contribution in [1.82, 2.24) is 4.90 Å². The average Bonchev–Trinajstić information content (AvgIpc) is 2.36. The summed E-state index contributed by atoms with van der Waals surface area (Å²) in [6, 6.07) is 4.80. The minimum atomic E-state index is -4.35. The quantitative estimate of drug-likeness (QED) is 0.896. The highest BCUT2D eigenvalue weighted by atomic mass is 19.4.